The number of hydrogen-bond donors (Lipinski definition) is 0. The highest BCUT2D eigenvalue weighted by molar-refractivity contribution is 7.91. The minimum absolute atomic E-state index is 0.0434. The van der Waals surface area contributed by atoms with Gasteiger partial charge in [-0.25, -0.2) is 32.7 Å². The van der Waals surface area contributed by atoms with E-state index in [2.05, 4.69) is 26.8 Å². The van der Waals surface area contributed by atoms with Crippen LogP contribution in [0.1, 0.15) is 36.9 Å². The monoisotopic (exact) mass is 418 g/mol. The predicted octanol–water partition coefficient (Wildman–Crippen LogP) is 1.54. The molecule has 0 radical (unpaired) electrons. The van der Waals surface area contributed by atoms with Gasteiger partial charge in [0.05, 0.1) is 29.1 Å². The van der Waals surface area contributed by atoms with Gasteiger partial charge in [0, 0.05) is 43.9 Å². The van der Waals surface area contributed by atoms with E-state index < -0.39 is 20.9 Å². The van der Waals surface area contributed by atoms with Crippen LogP contribution in [0, 0.1) is 11.7 Å². The van der Waals surface area contributed by atoms with Crippen LogP contribution < -0.4 is 9.80 Å². The van der Waals surface area contributed by atoms with E-state index in [-0.39, 0.29) is 18.2 Å². The van der Waals surface area contributed by atoms with E-state index in [1.54, 1.807) is 6.20 Å². The van der Waals surface area contributed by atoms with Crippen LogP contribution in [-0.4, -0.2) is 59.8 Å². The maximum Gasteiger partial charge on any atom is 0.225 e. The van der Waals surface area contributed by atoms with Crippen molar-refractivity contribution >= 4 is 21.7 Å². The van der Waals surface area contributed by atoms with Crippen LogP contribution in [0.4, 0.5) is 16.3 Å². The number of sulfone groups is 1. The number of halogens is 1. The molecule has 0 saturated carbocycles. The second kappa shape index (κ2) is 6.86. The quantitative estimate of drug-likeness (QED) is 0.725. The maximum absolute atomic E-state index is 13.2. The van der Waals surface area contributed by atoms with Crippen LogP contribution in [0.25, 0.3) is 0 Å². The van der Waals surface area contributed by atoms with E-state index >= 15 is 0 Å². The molecule has 0 aromatic carbocycles. The molecule has 0 bridgehead atoms. The fraction of sp³-hybridized carbons (Fsp3) is 0.579. The lowest BCUT2D eigenvalue weighted by Crippen LogP contribution is -2.38. The molecule has 8 nitrogen and oxygen atoms in total. The summed E-state index contributed by atoms with van der Waals surface area (Å²) < 4.78 is 39.0. The summed E-state index contributed by atoms with van der Waals surface area (Å²) in [7, 11) is -3.33. The van der Waals surface area contributed by atoms with Crippen molar-refractivity contribution in [3.63, 3.8) is 0 Å². The number of rotatable bonds is 2. The molecular formula is C19H23FN6O2S. The Hall–Kier alpha value is -2.36. The normalized spacial score (nSPS) is 28.1. The van der Waals surface area contributed by atoms with Gasteiger partial charge in [-0.1, -0.05) is 6.92 Å². The molecule has 29 heavy (non-hydrogen) atoms. The number of nitrogens with zero attached hydrogens (tertiary/aromatic N) is 6. The lowest BCUT2D eigenvalue weighted by atomic mass is 9.99. The molecule has 0 spiro atoms. The van der Waals surface area contributed by atoms with E-state index in [1.165, 1.54) is 6.42 Å². The van der Waals surface area contributed by atoms with E-state index in [0.717, 1.165) is 37.6 Å². The SMILES string of the molecule is C[C@H]1CCCN(c2ncc3c(n2)[C@H]2CN(c4ncc(F)cn4)C[C@H]2S(=O)(=O)C3)C1. The van der Waals surface area contributed by atoms with Crippen molar-refractivity contribution in [3.8, 4) is 0 Å². The molecule has 2 aromatic rings. The van der Waals surface area contributed by atoms with Gasteiger partial charge in [0.2, 0.25) is 11.9 Å². The first kappa shape index (κ1) is 18.7. The molecule has 3 aliphatic heterocycles. The third-order valence-corrected chi connectivity index (χ3v) is 8.26. The van der Waals surface area contributed by atoms with Crippen molar-refractivity contribution in [3.05, 3.63) is 35.7 Å². The first-order valence-electron chi connectivity index (χ1n) is 9.95. The zero-order chi connectivity index (χ0) is 20.2. The topological polar surface area (TPSA) is 92.2 Å². The molecule has 0 amide bonds. The van der Waals surface area contributed by atoms with Crippen molar-refractivity contribution in [2.45, 2.75) is 36.7 Å². The van der Waals surface area contributed by atoms with Crippen LogP contribution in [-0.2, 0) is 15.6 Å². The molecule has 2 saturated heterocycles. The van der Waals surface area contributed by atoms with Crippen LogP contribution >= 0.6 is 0 Å². The molecule has 5 rings (SSSR count). The first-order valence-corrected chi connectivity index (χ1v) is 11.7. The van der Waals surface area contributed by atoms with Crippen LogP contribution in [0.5, 0.6) is 0 Å². The summed E-state index contributed by atoms with van der Waals surface area (Å²) in [5.74, 6) is 0.798. The van der Waals surface area contributed by atoms with Crippen molar-refractivity contribution < 1.29 is 12.8 Å². The van der Waals surface area contributed by atoms with Crippen molar-refractivity contribution in [2.75, 3.05) is 36.0 Å². The van der Waals surface area contributed by atoms with E-state index in [4.69, 9.17) is 4.98 Å². The second-order valence-electron chi connectivity index (χ2n) is 8.33. The van der Waals surface area contributed by atoms with Crippen molar-refractivity contribution in [1.82, 2.24) is 19.9 Å². The minimum Gasteiger partial charge on any atom is -0.341 e. The number of aromatic nitrogens is 4. The zero-order valence-electron chi connectivity index (χ0n) is 16.2. The molecular weight excluding hydrogens is 395 g/mol. The van der Waals surface area contributed by atoms with Gasteiger partial charge < -0.3 is 9.80 Å². The highest BCUT2D eigenvalue weighted by Crippen LogP contribution is 2.40. The summed E-state index contributed by atoms with van der Waals surface area (Å²) >= 11 is 0. The van der Waals surface area contributed by atoms with Gasteiger partial charge in [0.15, 0.2) is 15.7 Å². The number of hydrogen-bond acceptors (Lipinski definition) is 8. The predicted molar refractivity (Wildman–Crippen MR) is 106 cm³/mol. The first-order chi connectivity index (χ1) is 13.9. The van der Waals surface area contributed by atoms with Crippen molar-refractivity contribution in [1.29, 1.82) is 0 Å². The standard InChI is InChI=1S/C19H23FN6O2S/c1-12-3-2-4-25(8-12)19-21-5-13-11-29(27,28)16-10-26(9-15(16)17(13)24-19)18-22-6-14(20)7-23-18/h5-7,12,15-16H,2-4,8-11H2,1H3/t12-,15-,16+/m0/s1. The Morgan fingerprint density at radius 1 is 1.03 bits per heavy atom. The molecule has 10 heteroatoms. The maximum atomic E-state index is 13.2. The summed E-state index contributed by atoms with van der Waals surface area (Å²) in [5, 5.41) is -0.563. The van der Waals surface area contributed by atoms with Crippen LogP contribution in [0.15, 0.2) is 18.6 Å². The lowest BCUT2D eigenvalue weighted by molar-refractivity contribution is 0.441. The Bertz CT molecular complexity index is 1030. The third kappa shape index (κ3) is 3.33. The molecule has 0 aliphatic carbocycles. The van der Waals surface area contributed by atoms with E-state index in [0.29, 0.717) is 29.9 Å². The fourth-order valence-corrected chi connectivity index (χ4v) is 6.71. The van der Waals surface area contributed by atoms with Gasteiger partial charge in [-0.15, -0.1) is 0 Å². The minimum atomic E-state index is -3.33. The molecule has 3 atom stereocenters. The summed E-state index contributed by atoms with van der Waals surface area (Å²) in [4.78, 5) is 21.4. The molecule has 3 aliphatic rings. The Morgan fingerprint density at radius 3 is 2.55 bits per heavy atom. The second-order valence-corrected chi connectivity index (χ2v) is 10.6. The Balaban J connectivity index is 1.49. The van der Waals surface area contributed by atoms with Gasteiger partial charge in [0.25, 0.3) is 0 Å². The van der Waals surface area contributed by atoms with Gasteiger partial charge >= 0.3 is 0 Å². The summed E-state index contributed by atoms with van der Waals surface area (Å²) in [6.45, 7) is 4.80. The average Bonchev–Trinajstić information content (AvgIpc) is 3.15. The van der Waals surface area contributed by atoms with Crippen LogP contribution in [0.3, 0.4) is 0 Å². The van der Waals surface area contributed by atoms with Gasteiger partial charge in [0.1, 0.15) is 0 Å². The van der Waals surface area contributed by atoms with E-state index in [9.17, 15) is 12.8 Å². The number of fused-ring (bicyclic) bond motifs is 3. The lowest BCUT2D eigenvalue weighted by Gasteiger charge is -2.32. The molecule has 2 aromatic heterocycles. The highest BCUT2D eigenvalue weighted by Gasteiger charge is 2.48. The number of anilines is 2. The largest absolute Gasteiger partial charge is 0.341 e. The molecule has 2 fully saturated rings. The van der Waals surface area contributed by atoms with Crippen molar-refractivity contribution in [2.24, 2.45) is 5.92 Å². The summed E-state index contributed by atoms with van der Waals surface area (Å²) in [6, 6.07) is 0. The zero-order valence-corrected chi connectivity index (χ0v) is 17.0. The van der Waals surface area contributed by atoms with Crippen LogP contribution in [0.2, 0.25) is 0 Å². The van der Waals surface area contributed by atoms with Gasteiger partial charge in [-0.2, -0.15) is 0 Å². The smallest absolute Gasteiger partial charge is 0.225 e. The molecule has 154 valence electrons. The van der Waals surface area contributed by atoms with E-state index in [1.807, 2.05) is 4.90 Å². The summed E-state index contributed by atoms with van der Waals surface area (Å²) in [6.07, 6.45) is 6.20. The Labute approximate surface area is 169 Å². The molecule has 0 N–H and O–H groups in total. The number of piperidine rings is 1. The third-order valence-electron chi connectivity index (χ3n) is 6.15. The fourth-order valence-electron chi connectivity index (χ4n) is 4.72. The van der Waals surface area contributed by atoms with Gasteiger partial charge in [-0.05, 0) is 18.8 Å². The highest BCUT2D eigenvalue weighted by atomic mass is 32.2. The van der Waals surface area contributed by atoms with Gasteiger partial charge in [-0.3, -0.25) is 0 Å². The molecule has 0 unspecified atom stereocenters. The Morgan fingerprint density at radius 2 is 1.79 bits per heavy atom. The Kier molecular flexibility index (Phi) is 4.41. The summed E-state index contributed by atoms with van der Waals surface area (Å²) in [5.41, 5.74) is 1.50. The molecule has 5 heterocycles. The average molecular weight is 418 g/mol.